The summed E-state index contributed by atoms with van der Waals surface area (Å²) in [6.45, 7) is 8.44. The standard InChI is InChI=1S/2C22H16N2O.2C21H13NO2.2C19H15NOS.3Be/c2*1-24-19-13-11-14-6-2-4-8-16(14)20(19)23-22(24)18-12-10-15-7-3-5-9-17(15)21(18)25;2*23-20-16-8-4-2-6-14(16)9-11-17(20)21-22-19-15-7-3-1-5-13(15)10-12-18(19)24-21;2*1-11-9-16-17(10-12(11)2)22-19(20-16)15-8-7-13-5-3-4-6-14(13)18(15)21;;;/h2*2-13,25H,1H3;2*1-12,23H;2*3-10,21H,1-2H3;;;/q;;;;;;3*+2. The molecule has 0 atom stereocenters. The van der Waals surface area contributed by atoms with Crippen molar-refractivity contribution in [2.24, 2.45) is 14.1 Å². The molecule has 0 fully saturated rings. The number of benzene rings is 22. The van der Waals surface area contributed by atoms with E-state index in [4.69, 9.17) is 8.83 Å². The van der Waals surface area contributed by atoms with Crippen LogP contribution < -0.4 is 60.5 Å². The summed E-state index contributed by atoms with van der Waals surface area (Å²) in [4.78, 5) is 20.4. The van der Waals surface area contributed by atoms with E-state index in [0.717, 1.165) is 174 Å². The smallest absolute Gasteiger partial charge is 0.871 e. The monoisotopic (exact) mass is 1910 g/mol. The number of imidazole rings is 2. The number of aromatic nitrogens is 8. The average Bonchev–Trinajstić information content (AvgIpc) is 1.59. The first-order valence-corrected chi connectivity index (χ1v) is 48.5. The Morgan fingerprint density at radius 2 is 0.441 bits per heavy atom. The summed E-state index contributed by atoms with van der Waals surface area (Å²) in [5.41, 5.74) is 18.8. The van der Waals surface area contributed by atoms with E-state index >= 15 is 0 Å². The van der Waals surface area contributed by atoms with Crippen LogP contribution in [0.1, 0.15) is 22.3 Å². The number of fused-ring (bicyclic) bond motifs is 20. The number of nitrogens with zero attached hydrogens (tertiary/aromatic N) is 2. The first-order valence-electron chi connectivity index (χ1n) is 46.8. The Morgan fingerprint density at radius 1 is 0.221 bits per heavy atom. The van der Waals surface area contributed by atoms with Gasteiger partial charge in [-0.1, -0.05) is 324 Å². The van der Waals surface area contributed by atoms with Gasteiger partial charge in [0.2, 0.25) is 22.2 Å². The molecule has 22 aromatic carbocycles. The Bertz CT molecular complexity index is 9300. The van der Waals surface area contributed by atoms with Crippen molar-refractivity contribution in [3.63, 3.8) is 0 Å². The molecule has 0 amide bonds. The van der Waals surface area contributed by atoms with Crippen molar-refractivity contribution in [2.75, 3.05) is 0 Å². The van der Waals surface area contributed by atoms with Gasteiger partial charge in [-0.25, -0.2) is 19.1 Å². The summed E-state index contributed by atoms with van der Waals surface area (Å²) < 4.78 is 18.4. The third-order valence-electron chi connectivity index (χ3n) is 27.3. The Hall–Kier alpha value is -17.6. The van der Waals surface area contributed by atoms with Gasteiger partial charge in [0.1, 0.15) is 9.40 Å². The van der Waals surface area contributed by atoms with Crippen LogP contribution in [0.5, 0.6) is 34.5 Å². The van der Waals surface area contributed by atoms with Crippen LogP contribution in [0, 0.1) is 27.7 Å². The molecule has 16 nitrogen and oxygen atoms in total. The normalized spacial score (nSPS) is 11.2. The molecule has 0 bridgehead atoms. The first kappa shape index (κ1) is 95.0. The fourth-order valence-electron chi connectivity index (χ4n) is 19.4. The predicted octanol–water partition coefficient (Wildman–Crippen LogP) is 24.0. The van der Waals surface area contributed by atoms with Crippen molar-refractivity contribution in [1.29, 1.82) is 0 Å². The number of aromatic amines is 6. The van der Waals surface area contributed by atoms with Gasteiger partial charge >= 0.3 is 42.1 Å². The number of H-pyrrole nitrogens is 6. The number of aryl methyl sites for hydroxylation is 6. The number of thiazole rings is 2. The average molecular weight is 1910 g/mol. The summed E-state index contributed by atoms with van der Waals surface area (Å²) in [5.74, 6) is 2.93. The van der Waals surface area contributed by atoms with Crippen molar-refractivity contribution >= 4 is 225 Å². The van der Waals surface area contributed by atoms with Gasteiger partial charge in [-0.15, -0.1) is 0 Å². The van der Waals surface area contributed by atoms with Gasteiger partial charge in [0.25, 0.3) is 32.7 Å². The van der Waals surface area contributed by atoms with Crippen molar-refractivity contribution in [1.82, 2.24) is 9.13 Å². The molecule has 0 aliphatic heterocycles. The van der Waals surface area contributed by atoms with Crippen molar-refractivity contribution in [3.05, 3.63) is 411 Å². The molecule has 6 heterocycles. The first-order chi connectivity index (χ1) is 69.4. The van der Waals surface area contributed by atoms with E-state index in [2.05, 4.69) is 152 Å². The summed E-state index contributed by atoms with van der Waals surface area (Å²) in [5, 5.41) is 98.2. The topological polar surface area (TPSA) is 259 Å². The fourth-order valence-corrected chi connectivity index (χ4v) is 21.6. The van der Waals surface area contributed by atoms with Crippen LogP contribution in [0.2, 0.25) is 0 Å². The summed E-state index contributed by atoms with van der Waals surface area (Å²) >= 11 is 3.28. The summed E-state index contributed by atoms with van der Waals surface area (Å²) in [6.07, 6.45) is 0. The van der Waals surface area contributed by atoms with Crippen LogP contribution in [0.15, 0.2) is 397 Å². The SMILES string of the molecule is Cc1cc2[nH+]c(-c3ccc4ccccc4c3[O-])sc2cc1C.Cc1cc2[nH+]c(-c3ccc4ccccc4c3[O-])sc2cc1C.Cn1c(-c2ccc3ccccc3c2[O-])[nH+]c2c3ccccc3ccc21.Cn1c(-c2ccc3ccccc3c2[O-])[nH+]c2c3ccccc3ccc21.[Be+2].[Be+2].[Be+2].[O-]c1c(-c2[nH+]c3c(ccc4ccccc43)o2)ccc2ccccc12.[O-]c1c(-c2[nH+]c3c(ccc4ccccc43)o2)ccc2ccccc12. The number of oxazole rings is 2. The van der Waals surface area contributed by atoms with Gasteiger partial charge < -0.3 is 39.5 Å². The zero-order valence-corrected chi connectivity index (χ0v) is 81.7. The zero-order valence-electron chi connectivity index (χ0n) is 80.0. The summed E-state index contributed by atoms with van der Waals surface area (Å²) in [7, 11) is 4.00. The summed E-state index contributed by atoms with van der Waals surface area (Å²) in [6, 6.07) is 127. The van der Waals surface area contributed by atoms with Gasteiger partial charge in [0, 0.05) is 22.9 Å². The van der Waals surface area contributed by atoms with Crippen LogP contribution in [0.25, 0.3) is 239 Å². The maximum absolute atomic E-state index is 13.0. The fraction of sp³-hybridized carbons (Fsp3) is 0.0484. The second kappa shape index (κ2) is 39.5. The maximum atomic E-state index is 13.0. The molecule has 145 heavy (non-hydrogen) atoms. The Balaban J connectivity index is 0.000000106. The predicted molar refractivity (Wildman–Crippen MR) is 582 cm³/mol. The Kier molecular flexibility index (Phi) is 25.9. The van der Waals surface area contributed by atoms with Crippen LogP contribution in [-0.4, -0.2) is 39.5 Å². The van der Waals surface area contributed by atoms with Crippen molar-refractivity contribution in [2.45, 2.75) is 27.7 Å². The Labute approximate surface area is 851 Å². The second-order valence-corrected chi connectivity index (χ2v) is 37.9. The van der Waals surface area contributed by atoms with Crippen LogP contribution in [-0.2, 0) is 14.1 Å². The van der Waals surface area contributed by atoms with Crippen LogP contribution in [0.3, 0.4) is 0 Å². The molecule has 0 unspecified atom stereocenters. The molecule has 6 aromatic heterocycles. The van der Waals surface area contributed by atoms with E-state index in [9.17, 15) is 30.6 Å². The molecule has 684 valence electrons. The molecule has 28 aromatic rings. The number of rotatable bonds is 6. The largest absolute Gasteiger partial charge is 2.00 e. The molecular formula is C124H88Be3N8O8S2+6. The number of nitrogens with one attached hydrogen (secondary N) is 6. The van der Waals surface area contributed by atoms with E-state index in [-0.39, 0.29) is 64.9 Å². The molecule has 21 heteroatoms. The van der Waals surface area contributed by atoms with E-state index < -0.39 is 0 Å². The number of hydrogen-bond donors (Lipinski definition) is 0. The third-order valence-corrected chi connectivity index (χ3v) is 29.4. The van der Waals surface area contributed by atoms with E-state index in [1.165, 1.54) is 42.4 Å². The minimum atomic E-state index is -0.0206. The Morgan fingerprint density at radius 3 is 0.738 bits per heavy atom. The minimum absolute atomic E-state index is 0. The third kappa shape index (κ3) is 17.5. The molecule has 0 spiro atoms. The molecule has 0 aliphatic rings. The van der Waals surface area contributed by atoms with Gasteiger partial charge in [-0.05, 0) is 245 Å². The van der Waals surface area contributed by atoms with Gasteiger partial charge in [-0.2, -0.15) is 19.9 Å². The van der Waals surface area contributed by atoms with E-state index in [1.807, 2.05) is 317 Å². The molecule has 28 rings (SSSR count). The molecule has 0 radical (unpaired) electrons. The second-order valence-electron chi connectivity index (χ2n) is 35.8. The van der Waals surface area contributed by atoms with Gasteiger partial charge in [-0.3, -0.25) is 0 Å². The maximum Gasteiger partial charge on any atom is 2.00 e. The molecule has 0 saturated carbocycles. The van der Waals surface area contributed by atoms with E-state index in [0.29, 0.717) is 44.8 Å². The van der Waals surface area contributed by atoms with Crippen LogP contribution in [0.4, 0.5) is 0 Å². The van der Waals surface area contributed by atoms with Crippen molar-refractivity contribution < 1.29 is 69.4 Å². The number of hydrogen-bond acceptors (Lipinski definition) is 10. The molecule has 0 aliphatic carbocycles. The minimum Gasteiger partial charge on any atom is -0.871 e. The molecular weight excluding hydrogens is 1820 g/mol. The van der Waals surface area contributed by atoms with Crippen molar-refractivity contribution in [3.8, 4) is 101 Å². The quantitative estimate of drug-likeness (QED) is 0.144. The zero-order chi connectivity index (χ0) is 96.7. The molecule has 6 N–H and O–H groups in total. The van der Waals surface area contributed by atoms with E-state index in [1.54, 1.807) is 22.7 Å². The van der Waals surface area contributed by atoms with Gasteiger partial charge in [0.15, 0.2) is 22.1 Å². The van der Waals surface area contributed by atoms with Gasteiger partial charge in [0.05, 0.1) is 58.2 Å². The van der Waals surface area contributed by atoms with Crippen LogP contribution >= 0.6 is 22.7 Å². The molecule has 0 saturated heterocycles.